The zero-order valence-electron chi connectivity index (χ0n) is 7.30. The summed E-state index contributed by atoms with van der Waals surface area (Å²) < 4.78 is 4.48. The molecule has 1 heterocycles. The Bertz CT molecular complexity index is 189. The fraction of sp³-hybridized carbons (Fsp3) is 0.750. The molecule has 0 bridgehead atoms. The fourth-order valence-corrected chi connectivity index (χ4v) is 1.09. The van der Waals surface area contributed by atoms with E-state index in [1.54, 1.807) is 0 Å². The molecule has 0 aromatic heterocycles. The Morgan fingerprint density at radius 3 is 3.08 bits per heavy atom. The first-order valence-corrected chi connectivity index (χ1v) is 4.17. The van der Waals surface area contributed by atoms with Gasteiger partial charge >= 0.3 is 5.97 Å². The van der Waals surface area contributed by atoms with Crippen molar-refractivity contribution in [2.75, 3.05) is 20.2 Å². The molecule has 12 heavy (non-hydrogen) atoms. The highest BCUT2D eigenvalue weighted by Gasteiger charge is 2.06. The van der Waals surface area contributed by atoms with Gasteiger partial charge in [0.15, 0.2) is 0 Å². The van der Waals surface area contributed by atoms with Gasteiger partial charge in [0, 0.05) is 13.0 Å². The number of methoxy groups -OCH3 is 1. The Morgan fingerprint density at radius 1 is 1.67 bits per heavy atom. The van der Waals surface area contributed by atoms with Crippen LogP contribution in [0, 0.1) is 0 Å². The summed E-state index contributed by atoms with van der Waals surface area (Å²) in [5, 5.41) is 2.95. The number of hydrogen-bond donors (Lipinski definition) is 1. The Balaban J connectivity index is 2.21. The molecule has 0 aliphatic carbocycles. The molecule has 1 rings (SSSR count). The maximum atomic E-state index is 10.7. The molecule has 0 saturated heterocycles. The van der Waals surface area contributed by atoms with Crippen LogP contribution in [0.25, 0.3) is 0 Å². The van der Waals surface area contributed by atoms with Crippen molar-refractivity contribution >= 4 is 11.8 Å². The minimum absolute atomic E-state index is 0.231. The molecule has 1 N–H and O–H groups in total. The summed E-state index contributed by atoms with van der Waals surface area (Å²) in [6, 6.07) is 0. The normalized spacial score (nSPS) is 16.6. The predicted octanol–water partition coefficient (Wildman–Crippen LogP) is 0.331. The lowest BCUT2D eigenvalue weighted by molar-refractivity contribution is -0.139. The Hall–Kier alpha value is -1.06. The number of ether oxygens (including phenoxy) is 1. The molecule has 0 unspecified atom stereocenters. The van der Waals surface area contributed by atoms with Crippen molar-refractivity contribution in [3.05, 3.63) is 0 Å². The minimum atomic E-state index is -0.247. The molecule has 0 aromatic carbocycles. The van der Waals surface area contributed by atoms with E-state index in [0.29, 0.717) is 0 Å². The Labute approximate surface area is 72.0 Å². The molecule has 4 nitrogen and oxygen atoms in total. The van der Waals surface area contributed by atoms with Crippen LogP contribution < -0.4 is 5.32 Å². The van der Waals surface area contributed by atoms with Crippen molar-refractivity contribution < 1.29 is 9.53 Å². The molecule has 0 spiro atoms. The molecule has 0 fully saturated rings. The first-order valence-electron chi connectivity index (χ1n) is 4.17. The summed E-state index contributed by atoms with van der Waals surface area (Å²) in [6.07, 6.45) is 3.27. The van der Waals surface area contributed by atoms with Crippen molar-refractivity contribution in [2.45, 2.75) is 19.3 Å². The molecule has 0 amide bonds. The average molecular weight is 170 g/mol. The number of rotatable bonds is 2. The molecule has 1 aliphatic heterocycles. The first-order chi connectivity index (χ1) is 5.83. The number of amidine groups is 1. The lowest BCUT2D eigenvalue weighted by Gasteiger charge is -2.12. The standard InChI is InChI=1S/C8H14N2O2/c1-12-8(11)6-10-7-4-2-3-5-9-7/h2-6H2,1H3,(H,9,10). The average Bonchev–Trinajstić information content (AvgIpc) is 2.16. The van der Waals surface area contributed by atoms with Crippen LogP contribution in [-0.2, 0) is 9.53 Å². The van der Waals surface area contributed by atoms with Crippen molar-refractivity contribution in [1.82, 2.24) is 5.32 Å². The van der Waals surface area contributed by atoms with E-state index in [1.807, 2.05) is 0 Å². The fourth-order valence-electron chi connectivity index (χ4n) is 1.09. The highest BCUT2D eigenvalue weighted by atomic mass is 16.5. The van der Waals surface area contributed by atoms with Crippen LogP contribution in [0.3, 0.4) is 0 Å². The Kier molecular flexibility index (Phi) is 3.57. The second kappa shape index (κ2) is 4.74. The third-order valence-corrected chi connectivity index (χ3v) is 1.79. The van der Waals surface area contributed by atoms with Gasteiger partial charge in [-0.25, -0.2) is 0 Å². The van der Waals surface area contributed by atoms with E-state index in [0.717, 1.165) is 31.6 Å². The van der Waals surface area contributed by atoms with E-state index < -0.39 is 0 Å². The van der Waals surface area contributed by atoms with Crippen LogP contribution in [0.1, 0.15) is 19.3 Å². The summed E-state index contributed by atoms with van der Waals surface area (Å²) in [4.78, 5) is 14.9. The van der Waals surface area contributed by atoms with Gasteiger partial charge in [0.2, 0.25) is 0 Å². The third kappa shape index (κ3) is 2.90. The van der Waals surface area contributed by atoms with Crippen LogP contribution >= 0.6 is 0 Å². The quantitative estimate of drug-likeness (QED) is 0.608. The van der Waals surface area contributed by atoms with E-state index in [9.17, 15) is 4.79 Å². The second-order valence-electron chi connectivity index (χ2n) is 2.72. The molecular formula is C8H14N2O2. The van der Waals surface area contributed by atoms with Gasteiger partial charge < -0.3 is 10.1 Å². The molecule has 0 saturated carbocycles. The van der Waals surface area contributed by atoms with Crippen molar-refractivity contribution in [1.29, 1.82) is 0 Å². The zero-order chi connectivity index (χ0) is 8.81. The molecule has 4 heteroatoms. The number of hydrogen-bond acceptors (Lipinski definition) is 4. The van der Waals surface area contributed by atoms with Crippen molar-refractivity contribution in [3.63, 3.8) is 0 Å². The monoisotopic (exact) mass is 170 g/mol. The number of carbonyl (C=O) groups is 1. The van der Waals surface area contributed by atoms with Crippen molar-refractivity contribution in [3.8, 4) is 0 Å². The van der Waals surface area contributed by atoms with Gasteiger partial charge in [-0.1, -0.05) is 0 Å². The third-order valence-electron chi connectivity index (χ3n) is 1.79. The highest BCUT2D eigenvalue weighted by Crippen LogP contribution is 2.03. The predicted molar refractivity (Wildman–Crippen MR) is 46.2 cm³/mol. The van der Waals surface area contributed by atoms with Gasteiger partial charge in [-0.05, 0) is 12.8 Å². The molecule has 0 aromatic rings. The highest BCUT2D eigenvalue weighted by molar-refractivity contribution is 5.86. The van der Waals surface area contributed by atoms with Crippen LogP contribution in [0.15, 0.2) is 4.99 Å². The number of nitrogens with zero attached hydrogens (tertiary/aromatic N) is 1. The van der Waals surface area contributed by atoms with E-state index in [-0.39, 0.29) is 12.5 Å². The van der Waals surface area contributed by atoms with E-state index in [1.165, 1.54) is 7.11 Å². The molecule has 1 aliphatic rings. The lowest BCUT2D eigenvalue weighted by Crippen LogP contribution is -2.31. The molecule has 0 atom stereocenters. The minimum Gasteiger partial charge on any atom is -0.468 e. The number of aliphatic imine (C=N–C) groups is 1. The van der Waals surface area contributed by atoms with Crippen molar-refractivity contribution in [2.24, 2.45) is 4.99 Å². The van der Waals surface area contributed by atoms with Crippen LogP contribution in [-0.4, -0.2) is 32.0 Å². The van der Waals surface area contributed by atoms with E-state index >= 15 is 0 Å². The maximum Gasteiger partial charge on any atom is 0.325 e. The summed E-state index contributed by atoms with van der Waals surface area (Å²) in [6.45, 7) is 1.11. The SMILES string of the molecule is COC(=O)CNC1=NCCCC1. The summed E-state index contributed by atoms with van der Waals surface area (Å²) in [5.74, 6) is 0.690. The smallest absolute Gasteiger partial charge is 0.325 e. The van der Waals surface area contributed by atoms with Crippen LogP contribution in [0.2, 0.25) is 0 Å². The van der Waals surface area contributed by atoms with Crippen LogP contribution in [0.4, 0.5) is 0 Å². The summed E-state index contributed by atoms with van der Waals surface area (Å²) in [7, 11) is 1.38. The topological polar surface area (TPSA) is 50.7 Å². The summed E-state index contributed by atoms with van der Waals surface area (Å²) >= 11 is 0. The number of esters is 1. The number of carbonyl (C=O) groups excluding carboxylic acids is 1. The van der Waals surface area contributed by atoms with Gasteiger partial charge in [-0.3, -0.25) is 9.79 Å². The van der Waals surface area contributed by atoms with Gasteiger partial charge in [-0.15, -0.1) is 0 Å². The first kappa shape index (κ1) is 9.03. The second-order valence-corrected chi connectivity index (χ2v) is 2.72. The summed E-state index contributed by atoms with van der Waals surface area (Å²) in [5.41, 5.74) is 0. The van der Waals surface area contributed by atoms with Gasteiger partial charge in [0.1, 0.15) is 6.54 Å². The number of nitrogens with one attached hydrogen (secondary N) is 1. The van der Waals surface area contributed by atoms with Gasteiger partial charge in [-0.2, -0.15) is 0 Å². The van der Waals surface area contributed by atoms with Gasteiger partial charge in [0.05, 0.1) is 12.9 Å². The maximum absolute atomic E-state index is 10.7. The molecule has 0 radical (unpaired) electrons. The Morgan fingerprint density at radius 2 is 2.50 bits per heavy atom. The van der Waals surface area contributed by atoms with Crippen LogP contribution in [0.5, 0.6) is 0 Å². The lowest BCUT2D eigenvalue weighted by atomic mass is 10.2. The zero-order valence-corrected chi connectivity index (χ0v) is 7.30. The van der Waals surface area contributed by atoms with E-state index in [4.69, 9.17) is 0 Å². The van der Waals surface area contributed by atoms with E-state index in [2.05, 4.69) is 15.0 Å². The van der Waals surface area contributed by atoms with Gasteiger partial charge in [0.25, 0.3) is 0 Å². The molecule has 68 valence electrons. The molecular weight excluding hydrogens is 156 g/mol. The largest absolute Gasteiger partial charge is 0.468 e.